The summed E-state index contributed by atoms with van der Waals surface area (Å²) in [6, 6.07) is 21.5. The van der Waals surface area contributed by atoms with Gasteiger partial charge < -0.3 is 40.0 Å². The van der Waals surface area contributed by atoms with Gasteiger partial charge >= 0.3 is 5.97 Å². The molecule has 0 unspecified atom stereocenters. The molecule has 1 aliphatic carbocycles. The molecule has 1 aliphatic rings. The Balaban J connectivity index is 0.909. The number of fused-ring (bicyclic) bond motifs is 1. The fourth-order valence-corrected chi connectivity index (χ4v) is 8.05. The van der Waals surface area contributed by atoms with Gasteiger partial charge in [-0.25, -0.2) is 4.79 Å². The predicted molar refractivity (Wildman–Crippen MR) is 191 cm³/mol. The summed E-state index contributed by atoms with van der Waals surface area (Å²) in [5.41, 5.74) is -0.125. The van der Waals surface area contributed by atoms with Crippen LogP contribution in [0.4, 0.5) is 0 Å². The number of hydrogen-bond acceptors (Lipinski definition) is 11. The summed E-state index contributed by atoms with van der Waals surface area (Å²) in [4.78, 5) is 31.0. The van der Waals surface area contributed by atoms with Gasteiger partial charge in [0.2, 0.25) is 11.2 Å². The number of phenols is 1. The van der Waals surface area contributed by atoms with Gasteiger partial charge in [-0.2, -0.15) is 0 Å². The average molecular weight is 704 g/mol. The van der Waals surface area contributed by atoms with Crippen molar-refractivity contribution in [3.05, 3.63) is 115 Å². The minimum Gasteiger partial charge on any atom is -0.506 e. The van der Waals surface area contributed by atoms with Crippen molar-refractivity contribution in [3.8, 4) is 11.5 Å². The van der Waals surface area contributed by atoms with Crippen LogP contribution in [0.2, 0.25) is 0 Å². The molecular formula is C37H41N3O7S2. The Labute approximate surface area is 292 Å². The van der Waals surface area contributed by atoms with Crippen LogP contribution in [-0.2, 0) is 21.7 Å². The fourth-order valence-electron chi connectivity index (χ4n) is 6.34. The Kier molecular flexibility index (Phi) is 11.1. The van der Waals surface area contributed by atoms with Crippen molar-refractivity contribution in [2.24, 2.45) is 0 Å². The second-order valence-corrected chi connectivity index (χ2v) is 14.3. The third kappa shape index (κ3) is 8.07. The second-order valence-electron chi connectivity index (χ2n) is 12.4. The van der Waals surface area contributed by atoms with Crippen LogP contribution in [0.5, 0.6) is 11.5 Å². The third-order valence-electron chi connectivity index (χ3n) is 9.16. The monoisotopic (exact) mass is 703 g/mol. The Morgan fingerprint density at radius 1 is 1.00 bits per heavy atom. The molecule has 10 nitrogen and oxygen atoms in total. The maximum Gasteiger partial charge on any atom is 0.349 e. The molecule has 2 aromatic carbocycles. The van der Waals surface area contributed by atoms with E-state index < -0.39 is 17.7 Å². The van der Waals surface area contributed by atoms with Gasteiger partial charge in [-0.15, -0.1) is 22.7 Å². The highest BCUT2D eigenvalue weighted by Crippen LogP contribution is 2.38. The number of H-pyrrole nitrogens is 1. The van der Waals surface area contributed by atoms with Crippen LogP contribution in [-0.4, -0.2) is 70.1 Å². The smallest absolute Gasteiger partial charge is 0.349 e. The molecule has 0 aliphatic heterocycles. The lowest BCUT2D eigenvalue weighted by atomic mass is 9.91. The number of carbonyl (C=O) groups excluding carboxylic acids is 1. The number of esters is 1. The molecule has 3 aromatic heterocycles. The van der Waals surface area contributed by atoms with E-state index in [2.05, 4.69) is 22.2 Å². The molecule has 0 amide bonds. The van der Waals surface area contributed by atoms with E-state index in [1.165, 1.54) is 34.8 Å². The van der Waals surface area contributed by atoms with E-state index >= 15 is 0 Å². The van der Waals surface area contributed by atoms with E-state index in [9.17, 15) is 24.9 Å². The summed E-state index contributed by atoms with van der Waals surface area (Å²) in [6.07, 6.45) is 2.21. The largest absolute Gasteiger partial charge is 0.506 e. The summed E-state index contributed by atoms with van der Waals surface area (Å²) in [6.45, 7) is 2.13. The topological polar surface area (TPSA) is 144 Å². The van der Waals surface area contributed by atoms with Gasteiger partial charge in [-0.3, -0.25) is 4.79 Å². The van der Waals surface area contributed by atoms with Crippen molar-refractivity contribution in [1.29, 1.82) is 0 Å². The molecule has 49 heavy (non-hydrogen) atoms. The molecule has 0 saturated heterocycles. The number of thiophene rings is 2. The highest BCUT2D eigenvalue weighted by atomic mass is 32.1. The molecule has 1 saturated carbocycles. The Hall–Kier alpha value is -4.04. The number of aromatic amines is 1. The summed E-state index contributed by atoms with van der Waals surface area (Å²) >= 11 is 2.69. The van der Waals surface area contributed by atoms with Gasteiger partial charge in [0, 0.05) is 37.1 Å². The quantitative estimate of drug-likeness (QED) is 0.0977. The number of aliphatic hydroxyl groups excluding tert-OH is 1. The first-order valence-corrected chi connectivity index (χ1v) is 18.2. The van der Waals surface area contributed by atoms with Gasteiger partial charge in [0.05, 0.1) is 21.4 Å². The molecule has 0 radical (unpaired) electrons. The standard InChI is InChI=1S/C37H41N3O7S2/c1-40(25-8-12-27(13-9-25)47-36(44)37(45,32-4-2-20-48-32)33-5-3-21-49-33)18-19-46-26-10-6-24(7-11-26)22-38-23-31(42)28-14-16-30(41)35-29(28)15-17-34(43)39-35/h2-7,10-11,14-17,20-21,25,27,31,38,41-42,45H,8-9,12-13,18-19,22-23H2,1H3,(H,39,43)/t25-,27-,31-/m0/s1. The first kappa shape index (κ1) is 34.8. The molecule has 3 heterocycles. The van der Waals surface area contributed by atoms with Gasteiger partial charge in [-0.05, 0) is 91.0 Å². The second kappa shape index (κ2) is 15.7. The maximum atomic E-state index is 13.3. The number of carbonyl (C=O) groups is 1. The molecular weight excluding hydrogens is 663 g/mol. The van der Waals surface area contributed by atoms with Crippen molar-refractivity contribution in [1.82, 2.24) is 15.2 Å². The summed E-state index contributed by atoms with van der Waals surface area (Å²) in [5, 5.41) is 40.0. The van der Waals surface area contributed by atoms with Crippen molar-refractivity contribution < 1.29 is 29.6 Å². The highest BCUT2D eigenvalue weighted by Gasteiger charge is 2.45. The van der Waals surface area contributed by atoms with Crippen molar-refractivity contribution in [3.63, 3.8) is 0 Å². The van der Waals surface area contributed by atoms with Gasteiger partial charge in [0.1, 0.15) is 24.2 Å². The van der Waals surface area contributed by atoms with E-state index in [1.54, 1.807) is 24.3 Å². The molecule has 0 bridgehead atoms. The number of benzene rings is 2. The van der Waals surface area contributed by atoms with Gasteiger partial charge in [0.25, 0.3) is 0 Å². The van der Waals surface area contributed by atoms with Crippen LogP contribution in [0, 0.1) is 0 Å². The normalized spacial score (nSPS) is 17.3. The average Bonchev–Trinajstić information content (AvgIpc) is 3.86. The summed E-state index contributed by atoms with van der Waals surface area (Å²) < 4.78 is 11.9. The van der Waals surface area contributed by atoms with Crippen molar-refractivity contribution >= 4 is 39.5 Å². The molecule has 6 rings (SSSR count). The Bertz CT molecular complexity index is 1830. The lowest BCUT2D eigenvalue weighted by Gasteiger charge is -2.35. The third-order valence-corrected chi connectivity index (χ3v) is 11.1. The summed E-state index contributed by atoms with van der Waals surface area (Å²) in [5.74, 6) is 0.134. The zero-order valence-electron chi connectivity index (χ0n) is 27.2. The fraction of sp³-hybridized carbons (Fsp3) is 0.351. The number of nitrogens with one attached hydrogen (secondary N) is 2. The Morgan fingerprint density at radius 2 is 1.69 bits per heavy atom. The van der Waals surface area contributed by atoms with E-state index in [1.807, 2.05) is 47.2 Å². The number of nitrogens with zero attached hydrogens (tertiary/aromatic N) is 1. The number of ether oxygens (including phenoxy) is 2. The molecule has 1 atom stereocenters. The zero-order valence-corrected chi connectivity index (χ0v) is 28.8. The number of rotatable bonds is 14. The first-order chi connectivity index (χ1) is 23.7. The molecule has 1 fully saturated rings. The number of hydrogen-bond donors (Lipinski definition) is 5. The number of aromatic nitrogens is 1. The Morgan fingerprint density at radius 3 is 2.35 bits per heavy atom. The maximum absolute atomic E-state index is 13.3. The van der Waals surface area contributed by atoms with E-state index in [0.29, 0.717) is 52.0 Å². The molecule has 258 valence electrons. The van der Waals surface area contributed by atoms with Gasteiger partial charge in [-0.1, -0.05) is 30.3 Å². The zero-order chi connectivity index (χ0) is 34.4. The minimum absolute atomic E-state index is 0.0384. The molecule has 5 aromatic rings. The predicted octanol–water partition coefficient (Wildman–Crippen LogP) is 5.28. The number of aromatic hydroxyl groups is 1. The lowest BCUT2D eigenvalue weighted by molar-refractivity contribution is -0.169. The number of aliphatic hydroxyl groups is 2. The van der Waals surface area contributed by atoms with Crippen LogP contribution >= 0.6 is 22.7 Å². The molecule has 12 heteroatoms. The molecule has 5 N–H and O–H groups in total. The van der Waals surface area contributed by atoms with E-state index in [-0.39, 0.29) is 17.4 Å². The van der Waals surface area contributed by atoms with Gasteiger partial charge in [0.15, 0.2) is 0 Å². The SMILES string of the molecule is CN(CCOc1ccc(CNC[C@H](O)c2ccc(O)c3[nH]c(=O)ccc23)cc1)[C@H]1CC[C@H](OC(=O)C(O)(c2cccs2)c2cccs2)CC1. The van der Waals surface area contributed by atoms with E-state index in [4.69, 9.17) is 9.47 Å². The van der Waals surface area contributed by atoms with Crippen LogP contribution in [0.3, 0.4) is 0 Å². The van der Waals surface area contributed by atoms with Crippen molar-refractivity contribution in [2.45, 2.75) is 56.1 Å². The van der Waals surface area contributed by atoms with Crippen LogP contribution in [0.15, 0.2) is 88.4 Å². The van der Waals surface area contributed by atoms with Crippen LogP contribution in [0.25, 0.3) is 10.9 Å². The number of phenolic OH excluding ortho intramolecular Hbond substituents is 1. The highest BCUT2D eigenvalue weighted by molar-refractivity contribution is 7.12. The number of pyridine rings is 1. The molecule has 0 spiro atoms. The lowest BCUT2D eigenvalue weighted by Crippen LogP contribution is -2.42. The number of likely N-dealkylation sites (N-methyl/N-ethyl adjacent to an activating group) is 1. The minimum atomic E-state index is -1.78. The van der Waals surface area contributed by atoms with Crippen LogP contribution in [0.1, 0.15) is 52.7 Å². The summed E-state index contributed by atoms with van der Waals surface area (Å²) in [7, 11) is 2.09. The van der Waals surface area contributed by atoms with Crippen molar-refractivity contribution in [2.75, 3.05) is 26.7 Å². The first-order valence-electron chi connectivity index (χ1n) is 16.4. The van der Waals surface area contributed by atoms with E-state index in [0.717, 1.165) is 43.5 Å². The van der Waals surface area contributed by atoms with Crippen LogP contribution < -0.4 is 15.6 Å².